The smallest absolute Gasteiger partial charge is 0.256 e. The van der Waals surface area contributed by atoms with E-state index < -0.39 is 0 Å². The molecule has 0 heterocycles. The average Bonchev–Trinajstić information content (AvgIpc) is 2.72. The molecule has 0 spiro atoms. The number of carbonyl (C=O) groups excluding carboxylic acids is 2. The number of nitrogens with one attached hydrogen (secondary N) is 1. The Hall–Kier alpha value is -3.11. The third-order valence-corrected chi connectivity index (χ3v) is 5.05. The van der Waals surface area contributed by atoms with Gasteiger partial charge in [-0.3, -0.25) is 9.59 Å². The van der Waals surface area contributed by atoms with Crippen molar-refractivity contribution in [1.29, 1.82) is 0 Å². The van der Waals surface area contributed by atoms with Gasteiger partial charge in [0.15, 0.2) is 0 Å². The standard InChI is InChI=1S/C24H23ClN2O2/c1-17(20-11-8-12-21(15-20)26-18(2)28)27(16-19-9-4-3-5-10-19)24(29)22-13-6-7-14-23(22)25/h3-15,17H,16H2,1-2H3,(H,26,28). The number of nitrogens with zero attached hydrogens (tertiary/aromatic N) is 1. The van der Waals surface area contributed by atoms with Crippen LogP contribution in [0.25, 0.3) is 0 Å². The Labute approximate surface area is 176 Å². The van der Waals surface area contributed by atoms with Crippen LogP contribution in [0, 0.1) is 0 Å². The first-order valence-corrected chi connectivity index (χ1v) is 9.80. The maximum absolute atomic E-state index is 13.4. The van der Waals surface area contributed by atoms with Crippen LogP contribution in [-0.4, -0.2) is 16.7 Å². The molecular formula is C24H23ClN2O2. The van der Waals surface area contributed by atoms with E-state index in [0.717, 1.165) is 11.1 Å². The van der Waals surface area contributed by atoms with Crippen molar-refractivity contribution in [2.24, 2.45) is 0 Å². The van der Waals surface area contributed by atoms with Crippen LogP contribution in [0.2, 0.25) is 5.02 Å². The van der Waals surface area contributed by atoms with Crippen molar-refractivity contribution in [3.63, 3.8) is 0 Å². The highest BCUT2D eigenvalue weighted by Gasteiger charge is 2.24. The van der Waals surface area contributed by atoms with Gasteiger partial charge < -0.3 is 10.2 Å². The molecule has 0 aromatic heterocycles. The van der Waals surface area contributed by atoms with E-state index in [-0.39, 0.29) is 17.9 Å². The molecule has 0 fully saturated rings. The molecule has 29 heavy (non-hydrogen) atoms. The van der Waals surface area contributed by atoms with Gasteiger partial charge in [-0.05, 0) is 42.3 Å². The molecule has 1 atom stereocenters. The van der Waals surface area contributed by atoms with E-state index in [2.05, 4.69) is 5.32 Å². The van der Waals surface area contributed by atoms with Gasteiger partial charge in [0.05, 0.1) is 16.6 Å². The number of carbonyl (C=O) groups is 2. The quantitative estimate of drug-likeness (QED) is 0.570. The second-order valence-electron chi connectivity index (χ2n) is 6.88. The number of benzene rings is 3. The van der Waals surface area contributed by atoms with Gasteiger partial charge >= 0.3 is 0 Å². The average molecular weight is 407 g/mol. The summed E-state index contributed by atoms with van der Waals surface area (Å²) in [5, 5.41) is 3.22. The van der Waals surface area contributed by atoms with Gasteiger partial charge in [-0.1, -0.05) is 66.2 Å². The first-order chi connectivity index (χ1) is 14.0. The van der Waals surface area contributed by atoms with Gasteiger partial charge in [-0.2, -0.15) is 0 Å². The fourth-order valence-electron chi connectivity index (χ4n) is 3.21. The van der Waals surface area contributed by atoms with E-state index >= 15 is 0 Å². The molecule has 2 amide bonds. The van der Waals surface area contributed by atoms with Crippen molar-refractivity contribution in [3.05, 3.63) is 101 Å². The summed E-state index contributed by atoms with van der Waals surface area (Å²) in [6.07, 6.45) is 0. The lowest BCUT2D eigenvalue weighted by atomic mass is 10.0. The largest absolute Gasteiger partial charge is 0.328 e. The van der Waals surface area contributed by atoms with E-state index in [4.69, 9.17) is 11.6 Å². The summed E-state index contributed by atoms with van der Waals surface area (Å²) in [4.78, 5) is 26.6. The van der Waals surface area contributed by atoms with E-state index in [1.54, 1.807) is 23.1 Å². The number of hydrogen-bond acceptors (Lipinski definition) is 2. The van der Waals surface area contributed by atoms with Crippen LogP contribution in [0.5, 0.6) is 0 Å². The predicted octanol–water partition coefficient (Wildman–Crippen LogP) is 5.70. The fourth-order valence-corrected chi connectivity index (χ4v) is 3.43. The number of anilines is 1. The molecule has 3 aromatic rings. The minimum absolute atomic E-state index is 0.136. The molecule has 4 nitrogen and oxygen atoms in total. The number of amides is 2. The minimum atomic E-state index is -0.229. The summed E-state index contributed by atoms with van der Waals surface area (Å²) < 4.78 is 0. The molecule has 0 aliphatic rings. The van der Waals surface area contributed by atoms with Gasteiger partial charge in [0.2, 0.25) is 5.91 Å². The molecule has 0 saturated carbocycles. The maximum Gasteiger partial charge on any atom is 0.256 e. The lowest BCUT2D eigenvalue weighted by Crippen LogP contribution is -2.33. The van der Waals surface area contributed by atoms with Crippen LogP contribution in [0.1, 0.15) is 41.4 Å². The Balaban J connectivity index is 1.97. The summed E-state index contributed by atoms with van der Waals surface area (Å²) in [5.41, 5.74) is 3.12. The summed E-state index contributed by atoms with van der Waals surface area (Å²) in [7, 11) is 0. The molecule has 0 bridgehead atoms. The first kappa shape index (κ1) is 20.6. The molecule has 0 radical (unpaired) electrons. The van der Waals surface area contributed by atoms with Crippen LogP contribution in [0.4, 0.5) is 5.69 Å². The molecule has 1 N–H and O–H groups in total. The number of hydrogen-bond donors (Lipinski definition) is 1. The van der Waals surface area contributed by atoms with Crippen molar-refractivity contribution in [2.75, 3.05) is 5.32 Å². The molecule has 0 saturated heterocycles. The van der Waals surface area contributed by atoms with E-state index in [1.165, 1.54) is 6.92 Å². The summed E-state index contributed by atoms with van der Waals surface area (Å²) in [6, 6.07) is 24.2. The molecule has 0 aliphatic heterocycles. The van der Waals surface area contributed by atoms with Crippen molar-refractivity contribution in [1.82, 2.24) is 4.90 Å². The van der Waals surface area contributed by atoms with Gasteiger partial charge in [0.1, 0.15) is 0 Å². The Morgan fingerprint density at radius 2 is 1.66 bits per heavy atom. The Kier molecular flexibility index (Phi) is 6.68. The first-order valence-electron chi connectivity index (χ1n) is 9.42. The molecule has 3 aromatic carbocycles. The fraction of sp³-hybridized carbons (Fsp3) is 0.167. The lowest BCUT2D eigenvalue weighted by molar-refractivity contribution is -0.114. The summed E-state index contributed by atoms with van der Waals surface area (Å²) >= 11 is 6.30. The zero-order valence-electron chi connectivity index (χ0n) is 16.4. The Morgan fingerprint density at radius 1 is 0.966 bits per heavy atom. The zero-order valence-corrected chi connectivity index (χ0v) is 17.2. The van der Waals surface area contributed by atoms with Gasteiger partial charge in [0.25, 0.3) is 5.91 Å². The highest BCUT2D eigenvalue weighted by Crippen LogP contribution is 2.28. The SMILES string of the molecule is CC(=O)Nc1cccc(C(C)N(Cc2ccccc2)C(=O)c2ccccc2Cl)c1. The van der Waals surface area contributed by atoms with Crippen molar-refractivity contribution < 1.29 is 9.59 Å². The Bertz CT molecular complexity index is 1000. The lowest BCUT2D eigenvalue weighted by Gasteiger charge is -2.30. The van der Waals surface area contributed by atoms with Crippen LogP contribution in [0.3, 0.4) is 0 Å². The van der Waals surface area contributed by atoms with Crippen LogP contribution in [0.15, 0.2) is 78.9 Å². The Morgan fingerprint density at radius 3 is 2.34 bits per heavy atom. The van der Waals surface area contributed by atoms with Gasteiger partial charge in [-0.15, -0.1) is 0 Å². The highest BCUT2D eigenvalue weighted by atomic mass is 35.5. The number of rotatable bonds is 6. The predicted molar refractivity (Wildman–Crippen MR) is 117 cm³/mol. The molecular weight excluding hydrogens is 384 g/mol. The molecule has 5 heteroatoms. The number of halogens is 1. The third kappa shape index (κ3) is 5.24. The second-order valence-corrected chi connectivity index (χ2v) is 7.29. The molecule has 1 unspecified atom stereocenters. The third-order valence-electron chi connectivity index (χ3n) is 4.72. The van der Waals surface area contributed by atoms with Crippen molar-refractivity contribution in [2.45, 2.75) is 26.4 Å². The van der Waals surface area contributed by atoms with Crippen LogP contribution < -0.4 is 5.32 Å². The second kappa shape index (κ2) is 9.39. The topological polar surface area (TPSA) is 49.4 Å². The van der Waals surface area contributed by atoms with Crippen molar-refractivity contribution >= 4 is 29.1 Å². The van der Waals surface area contributed by atoms with Gasteiger partial charge in [-0.25, -0.2) is 0 Å². The molecule has 3 rings (SSSR count). The van der Waals surface area contributed by atoms with Gasteiger partial charge in [0, 0.05) is 19.2 Å². The monoisotopic (exact) mass is 406 g/mol. The summed E-state index contributed by atoms with van der Waals surface area (Å²) in [6.45, 7) is 3.89. The van der Waals surface area contributed by atoms with Crippen LogP contribution >= 0.6 is 11.6 Å². The highest BCUT2D eigenvalue weighted by molar-refractivity contribution is 6.33. The maximum atomic E-state index is 13.4. The van der Waals surface area contributed by atoms with E-state index in [0.29, 0.717) is 22.8 Å². The van der Waals surface area contributed by atoms with Crippen molar-refractivity contribution in [3.8, 4) is 0 Å². The molecule has 148 valence electrons. The molecule has 0 aliphatic carbocycles. The minimum Gasteiger partial charge on any atom is -0.328 e. The van der Waals surface area contributed by atoms with Crippen LogP contribution in [-0.2, 0) is 11.3 Å². The zero-order chi connectivity index (χ0) is 20.8. The van der Waals surface area contributed by atoms with E-state index in [1.807, 2.05) is 67.6 Å². The summed E-state index contributed by atoms with van der Waals surface area (Å²) in [5.74, 6) is -0.278. The van der Waals surface area contributed by atoms with E-state index in [9.17, 15) is 9.59 Å². The normalized spacial score (nSPS) is 11.6.